The molecular formula is C16H22F3NO. The summed E-state index contributed by atoms with van der Waals surface area (Å²) in [4.78, 5) is 0. The third-order valence-corrected chi connectivity index (χ3v) is 4.61. The molecule has 21 heavy (non-hydrogen) atoms. The van der Waals surface area contributed by atoms with Gasteiger partial charge in [0.25, 0.3) is 0 Å². The van der Waals surface area contributed by atoms with Gasteiger partial charge in [0.05, 0.1) is 12.0 Å². The van der Waals surface area contributed by atoms with E-state index in [0.717, 1.165) is 5.56 Å². The van der Waals surface area contributed by atoms with Crippen molar-refractivity contribution in [3.8, 4) is 0 Å². The van der Waals surface area contributed by atoms with Gasteiger partial charge in [-0.1, -0.05) is 30.3 Å². The first kappa shape index (κ1) is 16.3. The molecule has 1 aliphatic rings. The Hall–Kier alpha value is -1.07. The minimum absolute atomic E-state index is 0.0997. The molecule has 2 atom stereocenters. The van der Waals surface area contributed by atoms with Crippen LogP contribution in [0.1, 0.15) is 37.2 Å². The van der Waals surface area contributed by atoms with Gasteiger partial charge in [-0.3, -0.25) is 0 Å². The molecule has 2 unspecified atom stereocenters. The number of alkyl halides is 3. The fourth-order valence-corrected chi connectivity index (χ4v) is 3.29. The van der Waals surface area contributed by atoms with Gasteiger partial charge in [0.1, 0.15) is 0 Å². The molecule has 0 bridgehead atoms. The van der Waals surface area contributed by atoms with Gasteiger partial charge in [-0.2, -0.15) is 13.2 Å². The minimum atomic E-state index is -4.11. The first-order valence-electron chi connectivity index (χ1n) is 7.43. The van der Waals surface area contributed by atoms with Crippen LogP contribution in [-0.2, 0) is 0 Å². The second kappa shape index (κ2) is 6.79. The standard InChI is InChI=1S/C16H22F3NO/c17-16(18,19)13-8-6-12(7-9-13)15(21)14(10-20)11-4-2-1-3-5-11/h1-5,12-15,21H,6-10,20H2. The number of benzene rings is 1. The summed E-state index contributed by atoms with van der Waals surface area (Å²) in [5.41, 5.74) is 6.72. The van der Waals surface area contributed by atoms with Gasteiger partial charge in [-0.15, -0.1) is 0 Å². The van der Waals surface area contributed by atoms with Crippen LogP contribution in [0.15, 0.2) is 30.3 Å². The molecule has 118 valence electrons. The maximum Gasteiger partial charge on any atom is 0.391 e. The van der Waals surface area contributed by atoms with Gasteiger partial charge >= 0.3 is 6.18 Å². The van der Waals surface area contributed by atoms with Crippen LogP contribution in [0.4, 0.5) is 13.2 Å². The van der Waals surface area contributed by atoms with Crippen molar-refractivity contribution in [1.82, 2.24) is 0 Å². The number of aliphatic hydroxyl groups excluding tert-OH is 1. The summed E-state index contributed by atoms with van der Waals surface area (Å²) >= 11 is 0. The SMILES string of the molecule is NCC(c1ccccc1)C(O)C1CCC(C(F)(F)F)CC1. The highest BCUT2D eigenvalue weighted by molar-refractivity contribution is 5.21. The fraction of sp³-hybridized carbons (Fsp3) is 0.625. The predicted octanol–water partition coefficient (Wildman–Crippen LogP) is 3.46. The Morgan fingerprint density at radius 2 is 1.67 bits per heavy atom. The molecule has 0 amide bonds. The van der Waals surface area contributed by atoms with Gasteiger partial charge in [0.2, 0.25) is 0 Å². The van der Waals surface area contributed by atoms with E-state index < -0.39 is 18.2 Å². The molecule has 1 fully saturated rings. The third-order valence-electron chi connectivity index (χ3n) is 4.61. The Balaban J connectivity index is 1.99. The van der Waals surface area contributed by atoms with Gasteiger partial charge in [-0.05, 0) is 37.2 Å². The molecule has 3 N–H and O–H groups in total. The van der Waals surface area contributed by atoms with Crippen LogP contribution < -0.4 is 5.73 Å². The van der Waals surface area contributed by atoms with Crippen LogP contribution >= 0.6 is 0 Å². The molecule has 2 nitrogen and oxygen atoms in total. The molecule has 5 heteroatoms. The zero-order valence-corrected chi connectivity index (χ0v) is 11.9. The van der Waals surface area contributed by atoms with Gasteiger partial charge < -0.3 is 10.8 Å². The summed E-state index contributed by atoms with van der Waals surface area (Å²) < 4.78 is 38.0. The highest BCUT2D eigenvalue weighted by Crippen LogP contribution is 2.42. The quantitative estimate of drug-likeness (QED) is 0.894. The van der Waals surface area contributed by atoms with E-state index in [-0.39, 0.29) is 24.7 Å². The lowest BCUT2D eigenvalue weighted by Gasteiger charge is -2.35. The average Bonchev–Trinajstić information content (AvgIpc) is 2.48. The zero-order chi connectivity index (χ0) is 15.5. The highest BCUT2D eigenvalue weighted by atomic mass is 19.4. The van der Waals surface area contributed by atoms with Crippen LogP contribution in [0.25, 0.3) is 0 Å². The molecule has 1 aromatic carbocycles. The lowest BCUT2D eigenvalue weighted by molar-refractivity contribution is -0.186. The summed E-state index contributed by atoms with van der Waals surface area (Å²) in [6, 6.07) is 9.46. The van der Waals surface area contributed by atoms with Crippen molar-refractivity contribution in [1.29, 1.82) is 0 Å². The van der Waals surface area contributed by atoms with Gasteiger partial charge in [0, 0.05) is 12.5 Å². The van der Waals surface area contributed by atoms with Crippen LogP contribution in [0.3, 0.4) is 0 Å². The molecule has 1 aromatic rings. The van der Waals surface area contributed by atoms with Crippen LogP contribution in [0, 0.1) is 11.8 Å². The Morgan fingerprint density at radius 1 is 1.10 bits per heavy atom. The van der Waals surface area contributed by atoms with Crippen LogP contribution in [0.2, 0.25) is 0 Å². The number of hydrogen-bond donors (Lipinski definition) is 2. The van der Waals surface area contributed by atoms with E-state index in [0.29, 0.717) is 19.4 Å². The van der Waals surface area contributed by atoms with E-state index in [9.17, 15) is 18.3 Å². The van der Waals surface area contributed by atoms with Crippen molar-refractivity contribution < 1.29 is 18.3 Å². The second-order valence-corrected chi connectivity index (χ2v) is 5.90. The number of aliphatic hydroxyl groups is 1. The molecule has 0 aliphatic heterocycles. The Morgan fingerprint density at radius 3 is 2.14 bits per heavy atom. The fourth-order valence-electron chi connectivity index (χ4n) is 3.29. The van der Waals surface area contributed by atoms with Crippen molar-refractivity contribution in [3.63, 3.8) is 0 Å². The number of halogens is 3. The smallest absolute Gasteiger partial charge is 0.391 e. The van der Waals surface area contributed by atoms with Crippen molar-refractivity contribution >= 4 is 0 Å². The van der Waals surface area contributed by atoms with Gasteiger partial charge in [-0.25, -0.2) is 0 Å². The maximum atomic E-state index is 12.7. The summed E-state index contributed by atoms with van der Waals surface area (Å²) in [5.74, 6) is -1.52. The molecule has 0 spiro atoms. The molecule has 1 saturated carbocycles. The van der Waals surface area contributed by atoms with E-state index in [2.05, 4.69) is 0 Å². The van der Waals surface area contributed by atoms with E-state index in [1.807, 2.05) is 30.3 Å². The van der Waals surface area contributed by atoms with Crippen LogP contribution in [-0.4, -0.2) is 23.9 Å². The lowest BCUT2D eigenvalue weighted by Crippen LogP contribution is -2.37. The van der Waals surface area contributed by atoms with Crippen molar-refractivity contribution in [2.45, 2.75) is 43.9 Å². The Kier molecular flexibility index (Phi) is 5.27. The summed E-state index contributed by atoms with van der Waals surface area (Å²) in [7, 11) is 0. The zero-order valence-electron chi connectivity index (χ0n) is 11.9. The molecule has 0 aromatic heterocycles. The molecule has 0 heterocycles. The van der Waals surface area contributed by atoms with E-state index >= 15 is 0 Å². The van der Waals surface area contributed by atoms with Crippen molar-refractivity contribution in [3.05, 3.63) is 35.9 Å². The molecule has 1 aliphatic carbocycles. The predicted molar refractivity (Wildman–Crippen MR) is 75.7 cm³/mol. The second-order valence-electron chi connectivity index (χ2n) is 5.90. The van der Waals surface area contributed by atoms with E-state index in [1.54, 1.807) is 0 Å². The summed E-state index contributed by atoms with van der Waals surface area (Å²) in [5, 5.41) is 10.5. The normalized spacial score (nSPS) is 26.3. The topological polar surface area (TPSA) is 46.2 Å². The Labute approximate surface area is 123 Å². The van der Waals surface area contributed by atoms with Crippen LogP contribution in [0.5, 0.6) is 0 Å². The average molecular weight is 301 g/mol. The first-order valence-corrected chi connectivity index (χ1v) is 7.43. The molecular weight excluding hydrogens is 279 g/mol. The third kappa shape index (κ3) is 3.98. The number of rotatable bonds is 4. The maximum absolute atomic E-state index is 12.7. The van der Waals surface area contributed by atoms with E-state index in [4.69, 9.17) is 5.73 Å². The van der Waals surface area contributed by atoms with E-state index in [1.165, 1.54) is 0 Å². The highest BCUT2D eigenvalue weighted by Gasteiger charge is 2.43. The van der Waals surface area contributed by atoms with Gasteiger partial charge in [0.15, 0.2) is 0 Å². The molecule has 0 saturated heterocycles. The largest absolute Gasteiger partial charge is 0.392 e. The minimum Gasteiger partial charge on any atom is -0.392 e. The monoisotopic (exact) mass is 301 g/mol. The first-order chi connectivity index (χ1) is 9.93. The molecule has 0 radical (unpaired) electrons. The van der Waals surface area contributed by atoms with Crippen molar-refractivity contribution in [2.75, 3.05) is 6.54 Å². The Bertz CT molecular complexity index is 427. The lowest BCUT2D eigenvalue weighted by atomic mass is 9.75. The number of hydrogen-bond acceptors (Lipinski definition) is 2. The molecule has 2 rings (SSSR count). The number of nitrogens with two attached hydrogens (primary N) is 1. The summed E-state index contributed by atoms with van der Waals surface area (Å²) in [6.07, 6.45) is -3.74. The van der Waals surface area contributed by atoms with Crippen molar-refractivity contribution in [2.24, 2.45) is 17.6 Å². The summed E-state index contributed by atoms with van der Waals surface area (Å²) in [6.45, 7) is 0.296.